The summed E-state index contributed by atoms with van der Waals surface area (Å²) in [4.78, 5) is 4.37. The minimum Gasteiger partial charge on any atom is -0.508 e. The number of phenols is 2. The van der Waals surface area contributed by atoms with Gasteiger partial charge >= 0.3 is 0 Å². The van der Waals surface area contributed by atoms with Gasteiger partial charge in [0.1, 0.15) is 16.5 Å². The summed E-state index contributed by atoms with van der Waals surface area (Å²) >= 11 is 1.62. The minimum absolute atomic E-state index is 0.00481. The first-order chi connectivity index (χ1) is 8.56. The molecule has 5 heteroatoms. The first-order valence-corrected chi connectivity index (χ1v) is 6.60. The molecule has 0 radical (unpaired) electrons. The number of nitrogens with one attached hydrogen (secondary N) is 1. The summed E-state index contributed by atoms with van der Waals surface area (Å²) in [6.45, 7) is 4.60. The van der Waals surface area contributed by atoms with Gasteiger partial charge in [0, 0.05) is 35.3 Å². The van der Waals surface area contributed by atoms with Crippen LogP contribution in [0.15, 0.2) is 23.6 Å². The maximum absolute atomic E-state index is 9.75. The Morgan fingerprint density at radius 1 is 1.39 bits per heavy atom. The van der Waals surface area contributed by atoms with Gasteiger partial charge in [0.05, 0.1) is 0 Å². The Morgan fingerprint density at radius 3 is 2.78 bits per heavy atom. The Labute approximate surface area is 110 Å². The number of hydrogen-bond donors (Lipinski definition) is 3. The van der Waals surface area contributed by atoms with Gasteiger partial charge in [-0.05, 0) is 19.9 Å². The second-order valence-corrected chi connectivity index (χ2v) is 5.17. The summed E-state index contributed by atoms with van der Waals surface area (Å²) in [6.07, 6.45) is 0. The number of rotatable bonds is 4. The van der Waals surface area contributed by atoms with E-state index >= 15 is 0 Å². The number of aromatic nitrogens is 1. The molecule has 1 aromatic heterocycles. The van der Waals surface area contributed by atoms with E-state index in [0.717, 1.165) is 16.3 Å². The molecule has 0 aliphatic heterocycles. The highest BCUT2D eigenvalue weighted by Crippen LogP contribution is 2.27. The minimum atomic E-state index is -0.00481. The van der Waals surface area contributed by atoms with E-state index in [1.807, 2.05) is 19.2 Å². The molecule has 0 saturated heterocycles. The molecule has 96 valence electrons. The van der Waals surface area contributed by atoms with E-state index in [0.29, 0.717) is 6.54 Å². The highest BCUT2D eigenvalue weighted by molar-refractivity contribution is 7.09. The smallest absolute Gasteiger partial charge is 0.124 e. The lowest BCUT2D eigenvalue weighted by Gasteiger charge is -2.14. The Morgan fingerprint density at radius 2 is 2.17 bits per heavy atom. The number of aryl methyl sites for hydroxylation is 1. The largest absolute Gasteiger partial charge is 0.508 e. The van der Waals surface area contributed by atoms with Crippen LogP contribution in [0.1, 0.15) is 29.2 Å². The molecule has 1 heterocycles. The van der Waals surface area contributed by atoms with Crippen LogP contribution in [0.25, 0.3) is 0 Å². The summed E-state index contributed by atoms with van der Waals surface area (Å²) in [7, 11) is 0. The Hall–Kier alpha value is -1.59. The van der Waals surface area contributed by atoms with Crippen LogP contribution >= 0.6 is 11.3 Å². The summed E-state index contributed by atoms with van der Waals surface area (Å²) < 4.78 is 0. The lowest BCUT2D eigenvalue weighted by Crippen LogP contribution is -2.18. The van der Waals surface area contributed by atoms with Crippen molar-refractivity contribution in [1.29, 1.82) is 0 Å². The number of hydrogen-bond acceptors (Lipinski definition) is 5. The van der Waals surface area contributed by atoms with Crippen molar-refractivity contribution in [1.82, 2.24) is 10.3 Å². The van der Waals surface area contributed by atoms with Crippen molar-refractivity contribution in [2.75, 3.05) is 0 Å². The molecule has 0 spiro atoms. The summed E-state index contributed by atoms with van der Waals surface area (Å²) in [5.41, 5.74) is 1.79. The van der Waals surface area contributed by atoms with E-state index < -0.39 is 0 Å². The van der Waals surface area contributed by atoms with Crippen LogP contribution in [-0.2, 0) is 6.54 Å². The summed E-state index contributed by atoms with van der Waals surface area (Å²) in [6, 6.07) is 4.63. The fourth-order valence-electron chi connectivity index (χ4n) is 1.73. The SMILES string of the molecule is Cc1csc(CNC(C)c2ccc(O)cc2O)n1. The molecule has 3 N–H and O–H groups in total. The summed E-state index contributed by atoms with van der Waals surface area (Å²) in [5.74, 6) is 0.171. The normalized spacial score (nSPS) is 12.6. The number of aromatic hydroxyl groups is 2. The van der Waals surface area contributed by atoms with Gasteiger partial charge in [-0.2, -0.15) is 0 Å². The molecule has 1 aromatic carbocycles. The van der Waals surface area contributed by atoms with Gasteiger partial charge < -0.3 is 15.5 Å². The molecule has 2 rings (SSSR count). The van der Waals surface area contributed by atoms with Gasteiger partial charge in [-0.15, -0.1) is 11.3 Å². The lowest BCUT2D eigenvalue weighted by molar-refractivity contribution is 0.436. The maximum Gasteiger partial charge on any atom is 0.124 e. The first-order valence-electron chi connectivity index (χ1n) is 5.72. The molecule has 1 unspecified atom stereocenters. The molecule has 0 fully saturated rings. The third-order valence-electron chi connectivity index (χ3n) is 2.71. The zero-order chi connectivity index (χ0) is 13.1. The second-order valence-electron chi connectivity index (χ2n) is 4.23. The van der Waals surface area contributed by atoms with Crippen LogP contribution in [0.3, 0.4) is 0 Å². The van der Waals surface area contributed by atoms with Crippen LogP contribution in [0.5, 0.6) is 11.5 Å². The van der Waals surface area contributed by atoms with Crippen molar-refractivity contribution < 1.29 is 10.2 Å². The number of phenolic OH excluding ortho intramolecular Hbond substituents is 2. The van der Waals surface area contributed by atoms with Crippen molar-refractivity contribution in [3.8, 4) is 11.5 Å². The van der Waals surface area contributed by atoms with Gasteiger partial charge in [0.15, 0.2) is 0 Å². The van der Waals surface area contributed by atoms with E-state index in [1.165, 1.54) is 6.07 Å². The standard InChI is InChI=1S/C13H16N2O2S/c1-8-7-18-13(15-8)6-14-9(2)11-4-3-10(16)5-12(11)17/h3-5,7,9,14,16-17H,6H2,1-2H3. The zero-order valence-corrected chi connectivity index (χ0v) is 11.2. The molecular weight excluding hydrogens is 248 g/mol. The van der Waals surface area contributed by atoms with Crippen LogP contribution in [-0.4, -0.2) is 15.2 Å². The Balaban J connectivity index is 2.01. The third kappa shape index (κ3) is 3.00. The molecule has 0 bridgehead atoms. The zero-order valence-electron chi connectivity index (χ0n) is 10.3. The van der Waals surface area contributed by atoms with E-state index in [9.17, 15) is 10.2 Å². The van der Waals surface area contributed by atoms with Crippen molar-refractivity contribution in [2.24, 2.45) is 0 Å². The molecule has 0 saturated carbocycles. The number of thiazole rings is 1. The van der Waals surface area contributed by atoms with E-state index in [2.05, 4.69) is 10.3 Å². The molecule has 1 atom stereocenters. The van der Waals surface area contributed by atoms with Crippen LogP contribution in [0.2, 0.25) is 0 Å². The monoisotopic (exact) mass is 264 g/mol. The summed E-state index contributed by atoms with van der Waals surface area (Å²) in [5, 5.41) is 25.3. The Kier molecular flexibility index (Phi) is 3.84. The topological polar surface area (TPSA) is 65.4 Å². The van der Waals surface area contributed by atoms with Crippen LogP contribution < -0.4 is 5.32 Å². The molecular formula is C13H16N2O2S. The molecule has 4 nitrogen and oxygen atoms in total. The molecule has 0 aliphatic carbocycles. The van der Waals surface area contributed by atoms with Crippen molar-refractivity contribution >= 4 is 11.3 Å². The van der Waals surface area contributed by atoms with Gasteiger partial charge in [0.25, 0.3) is 0 Å². The van der Waals surface area contributed by atoms with Gasteiger partial charge in [-0.1, -0.05) is 6.07 Å². The van der Waals surface area contributed by atoms with Gasteiger partial charge in [-0.25, -0.2) is 4.98 Å². The van der Waals surface area contributed by atoms with Crippen LogP contribution in [0.4, 0.5) is 0 Å². The predicted octanol–water partition coefficient (Wildman–Crippen LogP) is 2.71. The van der Waals surface area contributed by atoms with Gasteiger partial charge in [0.2, 0.25) is 0 Å². The van der Waals surface area contributed by atoms with Crippen molar-refractivity contribution in [3.05, 3.63) is 39.8 Å². The first kappa shape index (κ1) is 12.9. The number of benzene rings is 1. The quantitative estimate of drug-likeness (QED) is 0.794. The lowest BCUT2D eigenvalue weighted by atomic mass is 10.1. The molecule has 0 amide bonds. The predicted molar refractivity (Wildman–Crippen MR) is 71.9 cm³/mol. The average Bonchev–Trinajstić information content (AvgIpc) is 2.72. The highest BCUT2D eigenvalue weighted by atomic mass is 32.1. The van der Waals surface area contributed by atoms with E-state index in [4.69, 9.17) is 0 Å². The third-order valence-corrected chi connectivity index (χ3v) is 3.67. The molecule has 2 aromatic rings. The molecule has 0 aliphatic rings. The average molecular weight is 264 g/mol. The second kappa shape index (κ2) is 5.37. The van der Waals surface area contributed by atoms with Crippen LogP contribution in [0, 0.1) is 6.92 Å². The fourth-order valence-corrected chi connectivity index (χ4v) is 2.46. The Bertz CT molecular complexity index is 540. The highest BCUT2D eigenvalue weighted by Gasteiger charge is 2.11. The van der Waals surface area contributed by atoms with E-state index in [-0.39, 0.29) is 17.5 Å². The fraction of sp³-hybridized carbons (Fsp3) is 0.308. The van der Waals surface area contributed by atoms with Gasteiger partial charge in [-0.3, -0.25) is 0 Å². The van der Waals surface area contributed by atoms with E-state index in [1.54, 1.807) is 23.5 Å². The number of nitrogens with zero attached hydrogens (tertiary/aromatic N) is 1. The maximum atomic E-state index is 9.75. The molecule has 18 heavy (non-hydrogen) atoms. The van der Waals surface area contributed by atoms with Crippen molar-refractivity contribution in [2.45, 2.75) is 26.4 Å². The van der Waals surface area contributed by atoms with Crippen molar-refractivity contribution in [3.63, 3.8) is 0 Å².